The summed E-state index contributed by atoms with van der Waals surface area (Å²) in [7, 11) is -1.34. The minimum atomic E-state index is -5.10. The summed E-state index contributed by atoms with van der Waals surface area (Å²) in [5.41, 5.74) is -3.93. The fraction of sp³-hybridized carbons (Fsp3) is 0.278. The highest BCUT2D eigenvalue weighted by molar-refractivity contribution is 7.89. The molecule has 5 nitrogen and oxygen atoms in total. The van der Waals surface area contributed by atoms with Gasteiger partial charge in [-0.05, 0) is 42.8 Å². The first-order valence-electron chi connectivity index (χ1n) is 8.17. The minimum Gasteiger partial charge on any atom is -0.322 e. The highest BCUT2D eigenvalue weighted by atomic mass is 32.2. The number of alkyl halides is 6. The Labute approximate surface area is 168 Å². The summed E-state index contributed by atoms with van der Waals surface area (Å²) in [6.45, 7) is 1.49. The number of aryl methyl sites for hydroxylation is 1. The molecule has 0 aliphatic carbocycles. The zero-order valence-corrected chi connectivity index (χ0v) is 16.6. The van der Waals surface area contributed by atoms with Crippen LogP contribution in [0.3, 0.4) is 0 Å². The first kappa shape index (κ1) is 23.7. The van der Waals surface area contributed by atoms with Gasteiger partial charge in [0, 0.05) is 25.3 Å². The van der Waals surface area contributed by atoms with Crippen molar-refractivity contribution in [3.8, 4) is 0 Å². The van der Waals surface area contributed by atoms with Crippen molar-refractivity contribution >= 4 is 21.6 Å². The summed E-state index contributed by atoms with van der Waals surface area (Å²) in [5, 5.41) is 2.14. The van der Waals surface area contributed by atoms with Crippen molar-refractivity contribution in [2.45, 2.75) is 24.2 Å². The molecule has 0 bridgehead atoms. The first-order chi connectivity index (χ1) is 13.5. The van der Waals surface area contributed by atoms with Crippen LogP contribution in [0.2, 0.25) is 0 Å². The Bertz CT molecular complexity index is 1040. The van der Waals surface area contributed by atoms with Crippen molar-refractivity contribution in [1.82, 2.24) is 4.31 Å². The molecule has 12 heteroatoms. The van der Waals surface area contributed by atoms with Crippen LogP contribution >= 0.6 is 0 Å². The van der Waals surface area contributed by atoms with Gasteiger partial charge in [0.05, 0.1) is 16.0 Å². The molecule has 2 aromatic rings. The molecule has 0 atom stereocenters. The standard InChI is InChI=1S/C18H16F6N2O3S/c1-10-4-5-14(9-15(10)30(28,29)26(2)3)25-16(27)11-6-12(17(19,20)21)8-13(7-11)18(22,23)24/h4-9H,1-3H3,(H,25,27). The average molecular weight is 454 g/mol. The van der Waals surface area contributed by atoms with Crippen molar-refractivity contribution in [2.24, 2.45) is 0 Å². The molecule has 164 valence electrons. The number of halogens is 6. The molecule has 0 saturated carbocycles. The highest BCUT2D eigenvalue weighted by Crippen LogP contribution is 2.36. The Hall–Kier alpha value is -2.60. The van der Waals surface area contributed by atoms with Crippen LogP contribution in [0.1, 0.15) is 27.0 Å². The van der Waals surface area contributed by atoms with Gasteiger partial charge >= 0.3 is 12.4 Å². The minimum absolute atomic E-state index is 0.0928. The van der Waals surface area contributed by atoms with E-state index in [0.717, 1.165) is 10.4 Å². The van der Waals surface area contributed by atoms with Crippen molar-refractivity contribution in [2.75, 3.05) is 19.4 Å². The van der Waals surface area contributed by atoms with Gasteiger partial charge in [-0.3, -0.25) is 4.79 Å². The predicted molar refractivity (Wildman–Crippen MR) is 96.5 cm³/mol. The number of benzene rings is 2. The number of hydrogen-bond donors (Lipinski definition) is 1. The summed E-state index contributed by atoms with van der Waals surface area (Å²) in [4.78, 5) is 12.2. The van der Waals surface area contributed by atoms with Crippen LogP contribution < -0.4 is 5.32 Å². The fourth-order valence-corrected chi connectivity index (χ4v) is 3.59. The zero-order chi connectivity index (χ0) is 23.1. The van der Waals surface area contributed by atoms with Crippen molar-refractivity contribution in [3.63, 3.8) is 0 Å². The van der Waals surface area contributed by atoms with Gasteiger partial charge in [-0.15, -0.1) is 0 Å². The van der Waals surface area contributed by atoms with Crippen LogP contribution in [-0.4, -0.2) is 32.7 Å². The SMILES string of the molecule is Cc1ccc(NC(=O)c2cc(C(F)(F)F)cc(C(F)(F)F)c2)cc1S(=O)(=O)N(C)C. The number of nitrogens with one attached hydrogen (secondary N) is 1. The number of carbonyl (C=O) groups is 1. The molecule has 0 aliphatic heterocycles. The van der Waals surface area contributed by atoms with Crippen molar-refractivity contribution < 1.29 is 39.6 Å². The van der Waals surface area contributed by atoms with Gasteiger partial charge in [0.15, 0.2) is 0 Å². The Kier molecular flexibility index (Phi) is 6.24. The summed E-state index contributed by atoms with van der Waals surface area (Å²) >= 11 is 0. The highest BCUT2D eigenvalue weighted by Gasteiger charge is 2.37. The fourth-order valence-electron chi connectivity index (χ4n) is 2.44. The van der Waals surface area contributed by atoms with Crippen molar-refractivity contribution in [1.29, 1.82) is 0 Å². The molecule has 0 aromatic heterocycles. The molecule has 0 fully saturated rings. The summed E-state index contributed by atoms with van der Waals surface area (Å²) < 4.78 is 103. The van der Waals surface area contributed by atoms with Crippen LogP contribution in [0.15, 0.2) is 41.3 Å². The lowest BCUT2D eigenvalue weighted by molar-refractivity contribution is -0.143. The van der Waals surface area contributed by atoms with E-state index in [9.17, 15) is 39.6 Å². The van der Waals surface area contributed by atoms with E-state index in [0.29, 0.717) is 5.56 Å². The molecule has 2 rings (SSSR count). The lowest BCUT2D eigenvalue weighted by atomic mass is 10.0. The molecule has 30 heavy (non-hydrogen) atoms. The zero-order valence-electron chi connectivity index (χ0n) is 15.8. The maximum Gasteiger partial charge on any atom is 0.416 e. The molecule has 0 spiro atoms. The number of sulfonamides is 1. The third-order valence-electron chi connectivity index (χ3n) is 4.05. The van der Waals surface area contributed by atoms with Gasteiger partial charge in [0.25, 0.3) is 5.91 Å². The van der Waals surface area contributed by atoms with Crippen molar-refractivity contribution in [3.05, 3.63) is 58.7 Å². The van der Waals surface area contributed by atoms with Crippen LogP contribution in [-0.2, 0) is 22.4 Å². The van der Waals surface area contributed by atoms with E-state index in [1.807, 2.05) is 0 Å². The average Bonchev–Trinajstić information content (AvgIpc) is 2.61. The van der Waals surface area contributed by atoms with Gasteiger partial charge in [-0.1, -0.05) is 6.07 Å². The van der Waals surface area contributed by atoms with Crippen LogP contribution in [0, 0.1) is 6.92 Å². The second-order valence-electron chi connectivity index (χ2n) is 6.52. The molecule has 1 N–H and O–H groups in total. The maximum absolute atomic E-state index is 13.0. The van der Waals surface area contributed by atoms with E-state index in [2.05, 4.69) is 5.32 Å². The molecule has 0 aliphatic rings. The monoisotopic (exact) mass is 454 g/mol. The third kappa shape index (κ3) is 5.11. The second-order valence-corrected chi connectivity index (χ2v) is 8.64. The number of hydrogen-bond acceptors (Lipinski definition) is 3. The Morgan fingerprint density at radius 3 is 1.83 bits per heavy atom. The Morgan fingerprint density at radius 2 is 1.40 bits per heavy atom. The largest absolute Gasteiger partial charge is 0.416 e. The van der Waals surface area contributed by atoms with Crippen LogP contribution in [0.4, 0.5) is 32.0 Å². The molecule has 1 amide bonds. The number of carbonyl (C=O) groups excluding carboxylic acids is 1. The third-order valence-corrected chi connectivity index (χ3v) is 6.01. The van der Waals surface area contributed by atoms with E-state index in [1.165, 1.54) is 33.2 Å². The number of amides is 1. The van der Waals surface area contributed by atoms with Gasteiger partial charge in [-0.25, -0.2) is 12.7 Å². The summed E-state index contributed by atoms with van der Waals surface area (Å²) in [6, 6.07) is 4.18. The molecular weight excluding hydrogens is 438 g/mol. The lowest BCUT2D eigenvalue weighted by Gasteiger charge is -2.16. The first-order valence-corrected chi connectivity index (χ1v) is 9.61. The normalized spacial score (nSPS) is 12.9. The van der Waals surface area contributed by atoms with E-state index in [4.69, 9.17) is 0 Å². The summed E-state index contributed by atoms with van der Waals surface area (Å²) in [6.07, 6.45) is -10.2. The number of anilines is 1. The molecule has 0 unspecified atom stereocenters. The lowest BCUT2D eigenvalue weighted by Crippen LogP contribution is -2.23. The second kappa shape index (κ2) is 7.91. The molecule has 0 saturated heterocycles. The quantitative estimate of drug-likeness (QED) is 0.691. The number of rotatable bonds is 4. The van der Waals surface area contributed by atoms with E-state index >= 15 is 0 Å². The Balaban J connectivity index is 2.48. The smallest absolute Gasteiger partial charge is 0.322 e. The topological polar surface area (TPSA) is 66.5 Å². The van der Waals surface area contributed by atoms with E-state index < -0.39 is 45.0 Å². The van der Waals surface area contributed by atoms with Gasteiger partial charge in [-0.2, -0.15) is 26.3 Å². The molecule has 2 aromatic carbocycles. The predicted octanol–water partition coefficient (Wildman–Crippen LogP) is 4.54. The number of nitrogens with zero attached hydrogens (tertiary/aromatic N) is 1. The van der Waals surface area contributed by atoms with Crippen LogP contribution in [0.25, 0.3) is 0 Å². The van der Waals surface area contributed by atoms with E-state index in [-0.39, 0.29) is 28.8 Å². The molecule has 0 heterocycles. The van der Waals surface area contributed by atoms with Gasteiger partial charge in [0.1, 0.15) is 0 Å². The van der Waals surface area contributed by atoms with Gasteiger partial charge in [0.2, 0.25) is 10.0 Å². The summed E-state index contributed by atoms with van der Waals surface area (Å²) in [5.74, 6) is -1.26. The Morgan fingerprint density at radius 1 is 0.900 bits per heavy atom. The maximum atomic E-state index is 13.0. The van der Waals surface area contributed by atoms with Crippen LogP contribution in [0.5, 0.6) is 0 Å². The molecule has 0 radical (unpaired) electrons. The van der Waals surface area contributed by atoms with Gasteiger partial charge < -0.3 is 5.32 Å². The van der Waals surface area contributed by atoms with E-state index in [1.54, 1.807) is 0 Å². The molecular formula is C18H16F6N2O3S.